The number of nitrogens with one attached hydrogen (secondary N) is 1. The minimum Gasteiger partial charge on any atom is -0.355 e. The van der Waals surface area contributed by atoms with Gasteiger partial charge in [0.15, 0.2) is 9.84 Å². The van der Waals surface area contributed by atoms with E-state index >= 15 is 0 Å². The van der Waals surface area contributed by atoms with Gasteiger partial charge in [-0.1, -0.05) is 0 Å². The first kappa shape index (κ1) is 12.4. The van der Waals surface area contributed by atoms with Gasteiger partial charge < -0.3 is 11.1 Å². The fourth-order valence-electron chi connectivity index (χ4n) is 0.822. The number of sulfone groups is 1. The zero-order valence-corrected chi connectivity index (χ0v) is 8.73. The summed E-state index contributed by atoms with van der Waals surface area (Å²) in [5.74, 6) is -0.610. The lowest BCUT2D eigenvalue weighted by molar-refractivity contribution is -0.120. The molecular formula is C7H16N2O3S. The highest BCUT2D eigenvalue weighted by Gasteiger charge is 2.26. The normalized spacial score (nSPS) is 13.8. The van der Waals surface area contributed by atoms with Gasteiger partial charge in [0.05, 0.1) is 5.75 Å². The fourth-order valence-corrected chi connectivity index (χ4v) is 1.91. The van der Waals surface area contributed by atoms with Gasteiger partial charge in [0.25, 0.3) is 0 Å². The lowest BCUT2D eigenvalue weighted by Gasteiger charge is -2.11. The Balaban J connectivity index is 4.40. The van der Waals surface area contributed by atoms with Gasteiger partial charge in [-0.3, -0.25) is 4.79 Å². The number of carbonyl (C=O) groups is 1. The summed E-state index contributed by atoms with van der Waals surface area (Å²) in [6.07, 6.45) is 0. The van der Waals surface area contributed by atoms with Gasteiger partial charge in [0.1, 0.15) is 5.25 Å². The highest BCUT2D eigenvalue weighted by atomic mass is 32.2. The summed E-state index contributed by atoms with van der Waals surface area (Å²) in [6.45, 7) is 3.59. The first-order chi connectivity index (χ1) is 5.95. The number of carbonyl (C=O) groups excluding carboxylic acids is 1. The molecule has 6 heteroatoms. The summed E-state index contributed by atoms with van der Waals surface area (Å²) in [6, 6.07) is 0. The second-order valence-corrected chi connectivity index (χ2v) is 5.13. The first-order valence-corrected chi connectivity index (χ1v) is 5.86. The van der Waals surface area contributed by atoms with Gasteiger partial charge in [0.2, 0.25) is 5.91 Å². The maximum Gasteiger partial charge on any atom is 0.238 e. The van der Waals surface area contributed by atoms with Crippen LogP contribution in [0.2, 0.25) is 0 Å². The van der Waals surface area contributed by atoms with Crippen LogP contribution in [-0.2, 0) is 14.6 Å². The van der Waals surface area contributed by atoms with Gasteiger partial charge in [0, 0.05) is 13.1 Å². The van der Waals surface area contributed by atoms with E-state index in [2.05, 4.69) is 5.32 Å². The van der Waals surface area contributed by atoms with Crippen molar-refractivity contribution in [3.8, 4) is 0 Å². The number of hydrogen-bond donors (Lipinski definition) is 2. The lowest BCUT2D eigenvalue weighted by atomic mass is 10.4. The summed E-state index contributed by atoms with van der Waals surface area (Å²) in [5, 5.41) is 1.45. The highest BCUT2D eigenvalue weighted by Crippen LogP contribution is 2.00. The molecule has 0 saturated carbocycles. The second-order valence-electron chi connectivity index (χ2n) is 2.69. The molecule has 3 N–H and O–H groups in total. The molecule has 0 fully saturated rings. The molecule has 0 heterocycles. The van der Waals surface area contributed by atoms with Crippen molar-refractivity contribution in [2.24, 2.45) is 5.73 Å². The van der Waals surface area contributed by atoms with Crippen molar-refractivity contribution in [3.63, 3.8) is 0 Å². The van der Waals surface area contributed by atoms with Crippen molar-refractivity contribution in [1.82, 2.24) is 5.32 Å². The highest BCUT2D eigenvalue weighted by molar-refractivity contribution is 7.92. The Labute approximate surface area is 78.6 Å². The molecule has 1 atom stereocenters. The standard InChI is InChI=1S/C7H16N2O3S/c1-3-9-7(10)6(2)13(11,12)5-4-8/h6H,3-5,8H2,1-2H3,(H,9,10). The maximum absolute atomic E-state index is 11.3. The van der Waals surface area contributed by atoms with Crippen LogP contribution in [0, 0.1) is 0 Å². The molecule has 5 nitrogen and oxygen atoms in total. The summed E-state index contributed by atoms with van der Waals surface area (Å²) in [5.41, 5.74) is 5.12. The molecule has 78 valence electrons. The molecular weight excluding hydrogens is 192 g/mol. The fraction of sp³-hybridized carbons (Fsp3) is 0.857. The molecule has 0 saturated heterocycles. The number of nitrogens with two attached hydrogens (primary N) is 1. The minimum absolute atomic E-state index is 0.0477. The molecule has 1 amide bonds. The van der Waals surface area contributed by atoms with Gasteiger partial charge in [-0.15, -0.1) is 0 Å². The number of rotatable bonds is 5. The predicted molar refractivity (Wildman–Crippen MR) is 51.0 cm³/mol. The van der Waals surface area contributed by atoms with Crippen LogP contribution in [0.3, 0.4) is 0 Å². The molecule has 13 heavy (non-hydrogen) atoms. The molecule has 0 aliphatic heterocycles. The Morgan fingerprint density at radius 3 is 2.46 bits per heavy atom. The van der Waals surface area contributed by atoms with Crippen molar-refractivity contribution in [2.75, 3.05) is 18.8 Å². The molecule has 0 aromatic rings. The third-order valence-corrected chi connectivity index (χ3v) is 3.76. The molecule has 0 aromatic carbocycles. The van der Waals surface area contributed by atoms with Crippen molar-refractivity contribution in [1.29, 1.82) is 0 Å². The van der Waals surface area contributed by atoms with E-state index in [1.165, 1.54) is 6.92 Å². The smallest absolute Gasteiger partial charge is 0.238 e. The van der Waals surface area contributed by atoms with E-state index in [4.69, 9.17) is 5.73 Å². The van der Waals surface area contributed by atoms with Crippen LogP contribution in [0.4, 0.5) is 0 Å². The third-order valence-electron chi connectivity index (χ3n) is 1.66. The Morgan fingerprint density at radius 1 is 1.54 bits per heavy atom. The van der Waals surface area contributed by atoms with E-state index in [0.717, 1.165) is 0 Å². The quantitative estimate of drug-likeness (QED) is 0.599. The van der Waals surface area contributed by atoms with E-state index in [1.54, 1.807) is 6.92 Å². The minimum atomic E-state index is -3.37. The molecule has 0 aliphatic carbocycles. The van der Waals surface area contributed by atoms with Crippen LogP contribution < -0.4 is 11.1 Å². The van der Waals surface area contributed by atoms with Gasteiger partial charge in [-0.05, 0) is 13.8 Å². The molecule has 1 unspecified atom stereocenters. The van der Waals surface area contributed by atoms with E-state index in [9.17, 15) is 13.2 Å². The monoisotopic (exact) mass is 208 g/mol. The summed E-state index contributed by atoms with van der Waals surface area (Å²) in [7, 11) is -3.37. The Kier molecular flexibility index (Phi) is 4.94. The van der Waals surface area contributed by atoms with Gasteiger partial charge in [-0.25, -0.2) is 8.42 Å². The van der Waals surface area contributed by atoms with Crippen LogP contribution in [0.1, 0.15) is 13.8 Å². The summed E-state index contributed by atoms with van der Waals surface area (Å²) < 4.78 is 22.6. The van der Waals surface area contributed by atoms with Crippen LogP contribution in [-0.4, -0.2) is 38.4 Å². The third kappa shape index (κ3) is 3.73. The summed E-state index contributed by atoms with van der Waals surface area (Å²) in [4.78, 5) is 11.1. The largest absolute Gasteiger partial charge is 0.355 e. The second kappa shape index (κ2) is 5.18. The maximum atomic E-state index is 11.3. The van der Waals surface area contributed by atoms with Crippen LogP contribution in [0.25, 0.3) is 0 Å². The van der Waals surface area contributed by atoms with Gasteiger partial charge >= 0.3 is 0 Å². The molecule has 0 spiro atoms. The van der Waals surface area contributed by atoms with Crippen molar-refractivity contribution < 1.29 is 13.2 Å². The Morgan fingerprint density at radius 2 is 2.08 bits per heavy atom. The zero-order chi connectivity index (χ0) is 10.5. The van der Waals surface area contributed by atoms with Crippen molar-refractivity contribution in [3.05, 3.63) is 0 Å². The van der Waals surface area contributed by atoms with Crippen LogP contribution in [0.5, 0.6) is 0 Å². The van der Waals surface area contributed by atoms with E-state index in [-0.39, 0.29) is 12.3 Å². The molecule has 0 aromatic heterocycles. The summed E-state index contributed by atoms with van der Waals surface area (Å²) >= 11 is 0. The van der Waals surface area contributed by atoms with Crippen LogP contribution >= 0.6 is 0 Å². The molecule has 0 aliphatic rings. The predicted octanol–water partition coefficient (Wildman–Crippen LogP) is -1.12. The Hall–Kier alpha value is -0.620. The van der Waals surface area contributed by atoms with Crippen molar-refractivity contribution in [2.45, 2.75) is 19.1 Å². The SMILES string of the molecule is CCNC(=O)C(C)S(=O)(=O)CCN. The van der Waals surface area contributed by atoms with E-state index in [0.29, 0.717) is 6.54 Å². The number of amides is 1. The Bertz CT molecular complexity index is 261. The topological polar surface area (TPSA) is 89.3 Å². The zero-order valence-electron chi connectivity index (χ0n) is 7.91. The number of hydrogen-bond acceptors (Lipinski definition) is 4. The average Bonchev–Trinajstić information content (AvgIpc) is 2.03. The molecule has 0 bridgehead atoms. The molecule has 0 radical (unpaired) electrons. The van der Waals surface area contributed by atoms with E-state index in [1.807, 2.05) is 0 Å². The van der Waals surface area contributed by atoms with Crippen molar-refractivity contribution >= 4 is 15.7 Å². The average molecular weight is 208 g/mol. The van der Waals surface area contributed by atoms with Crippen LogP contribution in [0.15, 0.2) is 0 Å². The first-order valence-electron chi connectivity index (χ1n) is 4.15. The van der Waals surface area contributed by atoms with E-state index < -0.39 is 21.0 Å². The molecule has 0 rings (SSSR count). The lowest BCUT2D eigenvalue weighted by Crippen LogP contribution is -2.39. The van der Waals surface area contributed by atoms with Gasteiger partial charge in [-0.2, -0.15) is 0 Å².